The zero-order valence-electron chi connectivity index (χ0n) is 14.9. The van der Waals surface area contributed by atoms with Crippen molar-refractivity contribution < 1.29 is 26.3 Å². The van der Waals surface area contributed by atoms with Crippen LogP contribution in [0.25, 0.3) is 11.1 Å². The molecule has 3 rings (SSSR count). The lowest BCUT2D eigenvalue weighted by Crippen LogP contribution is -2.46. The van der Waals surface area contributed by atoms with Crippen molar-refractivity contribution in [2.75, 3.05) is 26.2 Å². The topological polar surface area (TPSA) is 15.3 Å². The maximum Gasteiger partial charge on any atom is 0.416 e. The highest BCUT2D eigenvalue weighted by atomic mass is 19.4. The Kier molecular flexibility index (Phi) is 6.00. The molecule has 0 amide bonds. The van der Waals surface area contributed by atoms with Crippen molar-refractivity contribution in [3.63, 3.8) is 0 Å². The zero-order chi connectivity index (χ0) is 20.4. The first kappa shape index (κ1) is 20.7. The molecule has 28 heavy (non-hydrogen) atoms. The quantitative estimate of drug-likeness (QED) is 0.701. The predicted molar refractivity (Wildman–Crippen MR) is 94.7 cm³/mol. The third-order valence-electron chi connectivity index (χ3n) is 4.86. The van der Waals surface area contributed by atoms with Crippen molar-refractivity contribution in [2.45, 2.75) is 24.8 Å². The zero-order valence-corrected chi connectivity index (χ0v) is 14.9. The van der Waals surface area contributed by atoms with Gasteiger partial charge in [0.05, 0.1) is 12.0 Å². The molecule has 0 aromatic heterocycles. The first-order valence-corrected chi connectivity index (χ1v) is 8.92. The third kappa shape index (κ3) is 5.26. The molecule has 0 spiro atoms. The molecule has 0 bridgehead atoms. The molecule has 2 aromatic carbocycles. The van der Waals surface area contributed by atoms with Gasteiger partial charge in [-0.15, -0.1) is 0 Å². The smallest absolute Gasteiger partial charge is 0.314 e. The van der Waals surface area contributed by atoms with E-state index in [1.165, 1.54) is 12.1 Å². The summed E-state index contributed by atoms with van der Waals surface area (Å²) in [6.07, 6.45) is -9.63. The van der Waals surface area contributed by atoms with Crippen LogP contribution in [0.1, 0.15) is 23.6 Å². The summed E-state index contributed by atoms with van der Waals surface area (Å²) in [5.74, 6) is 0. The van der Waals surface area contributed by atoms with Gasteiger partial charge in [-0.1, -0.05) is 36.4 Å². The molecule has 0 unspecified atom stereocenters. The largest absolute Gasteiger partial charge is 0.416 e. The Morgan fingerprint density at radius 3 is 1.75 bits per heavy atom. The van der Waals surface area contributed by atoms with Gasteiger partial charge in [0.1, 0.15) is 0 Å². The number of hydrogen-bond acceptors (Lipinski definition) is 2. The number of hydrogen-bond donors (Lipinski definition) is 1. The van der Waals surface area contributed by atoms with Crippen molar-refractivity contribution in [2.24, 2.45) is 0 Å². The Morgan fingerprint density at radius 2 is 1.29 bits per heavy atom. The van der Waals surface area contributed by atoms with E-state index in [1.54, 1.807) is 24.3 Å². The molecule has 1 aliphatic heterocycles. The fourth-order valence-electron chi connectivity index (χ4n) is 3.42. The fourth-order valence-corrected chi connectivity index (χ4v) is 3.42. The van der Waals surface area contributed by atoms with Crippen molar-refractivity contribution >= 4 is 0 Å². The second kappa shape index (κ2) is 8.13. The van der Waals surface area contributed by atoms with E-state index in [9.17, 15) is 26.3 Å². The van der Waals surface area contributed by atoms with Crippen LogP contribution >= 0.6 is 0 Å². The van der Waals surface area contributed by atoms with Crippen molar-refractivity contribution in [3.05, 3.63) is 59.7 Å². The lowest BCUT2D eigenvalue weighted by atomic mass is 9.97. The summed E-state index contributed by atoms with van der Waals surface area (Å²) < 4.78 is 77.3. The first-order valence-electron chi connectivity index (χ1n) is 8.92. The molecule has 0 radical (unpaired) electrons. The molecule has 0 aliphatic carbocycles. The van der Waals surface area contributed by atoms with Gasteiger partial charge in [-0.2, -0.15) is 26.3 Å². The van der Waals surface area contributed by atoms with E-state index in [0.717, 1.165) is 12.1 Å². The van der Waals surface area contributed by atoms with Gasteiger partial charge >= 0.3 is 12.4 Å². The van der Waals surface area contributed by atoms with Crippen LogP contribution in [0.15, 0.2) is 48.5 Å². The standard InChI is InChI=1S/C20H20F6N2/c21-19(22,23)13-18(28-11-9-27-10-12-28)16-3-1-14(2-4-16)15-5-7-17(8-6-15)20(24,25)26/h1-8,18,27H,9-13H2/t18-/m1/s1. The molecule has 1 saturated heterocycles. The second-order valence-corrected chi connectivity index (χ2v) is 6.82. The van der Waals surface area contributed by atoms with Crippen molar-refractivity contribution in [1.82, 2.24) is 10.2 Å². The van der Waals surface area contributed by atoms with Crippen LogP contribution in [-0.4, -0.2) is 37.3 Å². The van der Waals surface area contributed by atoms with E-state index in [2.05, 4.69) is 5.32 Å². The Hall–Kier alpha value is -2.06. The van der Waals surface area contributed by atoms with Gasteiger partial charge in [-0.3, -0.25) is 4.90 Å². The summed E-state index contributed by atoms with van der Waals surface area (Å²) in [5, 5.41) is 3.13. The van der Waals surface area contributed by atoms with Gasteiger partial charge in [0.15, 0.2) is 0 Å². The van der Waals surface area contributed by atoms with Gasteiger partial charge in [0, 0.05) is 32.2 Å². The van der Waals surface area contributed by atoms with Crippen LogP contribution in [0, 0.1) is 0 Å². The fraction of sp³-hybridized carbons (Fsp3) is 0.400. The van der Waals surface area contributed by atoms with E-state index in [0.29, 0.717) is 42.9 Å². The summed E-state index contributed by atoms with van der Waals surface area (Å²) in [6, 6.07) is 10.5. The van der Waals surface area contributed by atoms with E-state index >= 15 is 0 Å². The first-order chi connectivity index (χ1) is 13.1. The van der Waals surface area contributed by atoms with E-state index in [-0.39, 0.29) is 0 Å². The average Bonchev–Trinajstić information content (AvgIpc) is 2.66. The van der Waals surface area contributed by atoms with Crippen molar-refractivity contribution in [1.29, 1.82) is 0 Å². The maximum absolute atomic E-state index is 13.1. The number of rotatable bonds is 4. The van der Waals surface area contributed by atoms with Gasteiger partial charge in [-0.25, -0.2) is 0 Å². The Balaban J connectivity index is 1.82. The number of nitrogens with one attached hydrogen (secondary N) is 1. The molecular formula is C20H20F6N2. The van der Waals surface area contributed by atoms with Gasteiger partial charge in [-0.05, 0) is 28.8 Å². The minimum Gasteiger partial charge on any atom is -0.314 e. The number of benzene rings is 2. The van der Waals surface area contributed by atoms with Crippen LogP contribution < -0.4 is 5.32 Å². The highest BCUT2D eigenvalue weighted by molar-refractivity contribution is 5.64. The van der Waals surface area contributed by atoms with Gasteiger partial charge < -0.3 is 5.32 Å². The lowest BCUT2D eigenvalue weighted by molar-refractivity contribution is -0.148. The molecule has 2 nitrogen and oxygen atoms in total. The average molecular weight is 402 g/mol. The van der Waals surface area contributed by atoms with Crippen LogP contribution in [0.5, 0.6) is 0 Å². The summed E-state index contributed by atoms with van der Waals surface area (Å²) in [6.45, 7) is 2.33. The molecule has 1 heterocycles. The highest BCUT2D eigenvalue weighted by Crippen LogP contribution is 2.35. The number of nitrogens with zero attached hydrogens (tertiary/aromatic N) is 1. The summed E-state index contributed by atoms with van der Waals surface area (Å²) in [4.78, 5) is 1.82. The van der Waals surface area contributed by atoms with Crippen LogP contribution in [-0.2, 0) is 6.18 Å². The monoisotopic (exact) mass is 402 g/mol. The van der Waals surface area contributed by atoms with Crippen LogP contribution in [0.3, 0.4) is 0 Å². The van der Waals surface area contributed by atoms with Crippen molar-refractivity contribution in [3.8, 4) is 11.1 Å². The third-order valence-corrected chi connectivity index (χ3v) is 4.86. The molecule has 0 saturated carbocycles. The maximum atomic E-state index is 13.1. The molecular weight excluding hydrogens is 382 g/mol. The highest BCUT2D eigenvalue weighted by Gasteiger charge is 2.36. The van der Waals surface area contributed by atoms with Gasteiger partial charge in [0.2, 0.25) is 0 Å². The van der Waals surface area contributed by atoms with Crippen LogP contribution in [0.2, 0.25) is 0 Å². The molecule has 1 atom stereocenters. The summed E-state index contributed by atoms with van der Waals surface area (Å²) >= 11 is 0. The van der Waals surface area contributed by atoms with E-state index in [4.69, 9.17) is 0 Å². The molecule has 152 valence electrons. The molecule has 1 N–H and O–H groups in total. The van der Waals surface area contributed by atoms with E-state index < -0.39 is 30.4 Å². The molecule has 1 aliphatic rings. The second-order valence-electron chi connectivity index (χ2n) is 6.82. The molecule has 8 heteroatoms. The van der Waals surface area contributed by atoms with E-state index in [1.807, 2.05) is 4.90 Å². The van der Waals surface area contributed by atoms with Crippen LogP contribution in [0.4, 0.5) is 26.3 Å². The minimum absolute atomic E-state index is 0.529. The number of alkyl halides is 6. The Morgan fingerprint density at radius 1 is 0.786 bits per heavy atom. The predicted octanol–water partition coefficient (Wildman–Crippen LogP) is 5.27. The minimum atomic E-state index is -4.41. The number of piperazine rings is 1. The molecule has 2 aromatic rings. The Labute approximate surface area is 159 Å². The lowest BCUT2D eigenvalue weighted by Gasteiger charge is -2.35. The SMILES string of the molecule is FC(F)(F)C[C@H](c1ccc(-c2ccc(C(F)(F)F)cc2)cc1)N1CCNCC1. The summed E-state index contributed by atoms with van der Waals surface area (Å²) in [5.41, 5.74) is 1.05. The summed E-state index contributed by atoms with van der Waals surface area (Å²) in [7, 11) is 0. The Bertz CT molecular complexity index is 759. The van der Waals surface area contributed by atoms with Gasteiger partial charge in [0.25, 0.3) is 0 Å². The number of halogens is 6. The molecule has 1 fully saturated rings. The normalized spacial score (nSPS) is 17.5.